The summed E-state index contributed by atoms with van der Waals surface area (Å²) < 4.78 is 0. The van der Waals surface area contributed by atoms with Crippen molar-refractivity contribution in [1.82, 2.24) is 0 Å². The van der Waals surface area contributed by atoms with Gasteiger partial charge in [-0.05, 0) is 6.04 Å². The Kier molecular flexibility index (Phi) is 2.08. The zero-order chi connectivity index (χ0) is 3.41. The van der Waals surface area contributed by atoms with Gasteiger partial charge in [-0.1, -0.05) is 0 Å². The first-order valence-electron chi connectivity index (χ1n) is 0.827. The van der Waals surface area contributed by atoms with Crippen LogP contribution in [0.4, 0.5) is 0 Å². The fourth-order valence-corrected chi connectivity index (χ4v) is 0. The monoisotopic (exact) mass is 51.0 g/mol. The summed E-state index contributed by atoms with van der Waals surface area (Å²) in [4.78, 5) is 0. The van der Waals surface area contributed by atoms with E-state index in [2.05, 4.69) is 13.6 Å². The van der Waals surface area contributed by atoms with Gasteiger partial charge in [-0.2, -0.15) is 5.82 Å². The molecule has 4 heavy (non-hydrogen) atoms. The van der Waals surface area contributed by atoms with E-state index in [0.29, 0.717) is 0 Å². The van der Waals surface area contributed by atoms with E-state index < -0.39 is 0 Å². The molecule has 0 atom stereocenters. The van der Waals surface area contributed by atoms with Crippen LogP contribution in [0.5, 0.6) is 0 Å². The van der Waals surface area contributed by atoms with E-state index in [0.717, 1.165) is 0 Å². The molecule has 1 nitrogen and oxygen atoms in total. The number of nitrogens with two attached hydrogens (primary N) is 1. The number of hydrogen-bond donors (Lipinski definition) is 1. The molecule has 2 radical (unpaired) electrons. The zero-order valence-corrected chi connectivity index (χ0v) is 2.15. The predicted molar refractivity (Wildman–Crippen MR) is 17.7 cm³/mol. The van der Waals surface area contributed by atoms with Crippen LogP contribution in [-0.4, -0.2) is 7.85 Å². The Morgan fingerprint density at radius 2 is 2.00 bits per heavy atom. The molecule has 0 saturated carbocycles. The first kappa shape index (κ1) is 3.42. The molecule has 0 unspecified atom stereocenters. The first-order chi connectivity index (χ1) is 1.91. The molecule has 0 saturated heterocycles. The molecule has 0 aliphatic rings. The van der Waals surface area contributed by atoms with Crippen LogP contribution in [-0.2, 0) is 0 Å². The minimum Gasteiger partial charge on any atom is -0.360 e. The molecule has 0 rings (SSSR count). The van der Waals surface area contributed by atoms with E-state index in [1.807, 2.05) is 11.9 Å². The summed E-state index contributed by atoms with van der Waals surface area (Å²) in [6.45, 7) is 0. The molecule has 0 aliphatic carbocycles. The highest BCUT2D eigenvalue weighted by Gasteiger charge is 1.27. The Balaban J connectivity index is 2.83. The van der Waals surface area contributed by atoms with Crippen molar-refractivity contribution in [3.63, 3.8) is 0 Å². The van der Waals surface area contributed by atoms with E-state index in [1.165, 1.54) is 0 Å². The van der Waals surface area contributed by atoms with Crippen molar-refractivity contribution >= 4 is 7.85 Å². The standard InChI is InChI=1S/C2H2BN/c3-1-2-4/h4H2. The van der Waals surface area contributed by atoms with Crippen molar-refractivity contribution in [3.8, 4) is 11.9 Å². The maximum absolute atomic E-state index is 4.54. The van der Waals surface area contributed by atoms with Gasteiger partial charge in [-0.25, -0.2) is 0 Å². The maximum atomic E-state index is 4.54. The summed E-state index contributed by atoms with van der Waals surface area (Å²) in [5.41, 5.74) is 4.54. The number of rotatable bonds is 0. The van der Waals surface area contributed by atoms with Gasteiger partial charge in [0.15, 0.2) is 7.85 Å². The second-order valence-electron chi connectivity index (χ2n) is 0.289. The van der Waals surface area contributed by atoms with Crippen LogP contribution in [0.2, 0.25) is 0 Å². The van der Waals surface area contributed by atoms with Crippen LogP contribution >= 0.6 is 0 Å². The van der Waals surface area contributed by atoms with Gasteiger partial charge in [-0.3, -0.25) is 0 Å². The molecular weight excluding hydrogens is 48.8 g/mol. The van der Waals surface area contributed by atoms with Gasteiger partial charge in [0.05, 0.1) is 0 Å². The fraction of sp³-hybridized carbons (Fsp3) is 0. The van der Waals surface area contributed by atoms with Crippen LogP contribution in [0.3, 0.4) is 0 Å². The molecular formula is C2H2BN. The molecule has 2 heteroatoms. The maximum Gasteiger partial charge on any atom is 0.190 e. The van der Waals surface area contributed by atoms with E-state index in [4.69, 9.17) is 0 Å². The molecule has 0 spiro atoms. The minimum atomic E-state index is 1.96. The third-order valence-electron chi connectivity index (χ3n) is 0.0833. The summed E-state index contributed by atoms with van der Waals surface area (Å²) in [6, 6.07) is 1.96. The molecule has 0 fully saturated rings. The summed E-state index contributed by atoms with van der Waals surface area (Å²) in [6.07, 6.45) is 0. The van der Waals surface area contributed by atoms with Gasteiger partial charge in [0.1, 0.15) is 0 Å². The summed E-state index contributed by atoms with van der Waals surface area (Å²) in [7, 11) is 4.54. The van der Waals surface area contributed by atoms with Crippen molar-refractivity contribution in [1.29, 1.82) is 0 Å². The van der Waals surface area contributed by atoms with Crippen LogP contribution < -0.4 is 5.73 Å². The Morgan fingerprint density at radius 1 is 1.75 bits per heavy atom. The summed E-state index contributed by atoms with van der Waals surface area (Å²) >= 11 is 0. The Hall–Kier alpha value is -0.575. The van der Waals surface area contributed by atoms with Crippen molar-refractivity contribution < 1.29 is 0 Å². The molecule has 0 aromatic carbocycles. The first-order valence-corrected chi connectivity index (χ1v) is 0.827. The Morgan fingerprint density at radius 3 is 2.00 bits per heavy atom. The van der Waals surface area contributed by atoms with E-state index >= 15 is 0 Å². The minimum absolute atomic E-state index is 1.96. The summed E-state index contributed by atoms with van der Waals surface area (Å²) in [5.74, 6) is 1.96. The molecule has 0 heterocycles. The van der Waals surface area contributed by atoms with Crippen molar-refractivity contribution in [2.24, 2.45) is 5.73 Å². The largest absolute Gasteiger partial charge is 0.360 e. The van der Waals surface area contributed by atoms with Crippen LogP contribution in [0.15, 0.2) is 0 Å². The zero-order valence-electron chi connectivity index (χ0n) is 2.15. The van der Waals surface area contributed by atoms with Crippen molar-refractivity contribution in [2.75, 3.05) is 0 Å². The second kappa shape index (κ2) is 2.42. The van der Waals surface area contributed by atoms with E-state index in [9.17, 15) is 0 Å². The SMILES string of the molecule is [B]C#CN. The van der Waals surface area contributed by atoms with Crippen LogP contribution in [0, 0.1) is 11.9 Å². The second-order valence-corrected chi connectivity index (χ2v) is 0.289. The van der Waals surface area contributed by atoms with Crippen LogP contribution in [0.25, 0.3) is 0 Å². The quantitative estimate of drug-likeness (QED) is 0.214. The van der Waals surface area contributed by atoms with Gasteiger partial charge in [0.25, 0.3) is 0 Å². The van der Waals surface area contributed by atoms with Gasteiger partial charge in [0, 0.05) is 0 Å². The summed E-state index contributed by atoms with van der Waals surface area (Å²) in [5, 5.41) is 0. The predicted octanol–water partition coefficient (Wildman–Crippen LogP) is -0.968. The molecule has 0 aromatic rings. The highest BCUT2D eigenvalue weighted by Crippen LogP contribution is 1.15. The van der Waals surface area contributed by atoms with Gasteiger partial charge in [-0.15, -0.1) is 0 Å². The van der Waals surface area contributed by atoms with Gasteiger partial charge < -0.3 is 5.73 Å². The molecule has 18 valence electrons. The van der Waals surface area contributed by atoms with Crippen molar-refractivity contribution in [2.45, 2.75) is 0 Å². The molecule has 0 aliphatic heterocycles. The normalized spacial score (nSPS) is 3.00. The highest BCUT2D eigenvalue weighted by atomic mass is 14.4. The molecule has 0 bridgehead atoms. The lowest BCUT2D eigenvalue weighted by Crippen LogP contribution is -1.73. The van der Waals surface area contributed by atoms with E-state index in [1.54, 1.807) is 0 Å². The lowest BCUT2D eigenvalue weighted by molar-refractivity contribution is 1.75. The average molecular weight is 50.9 g/mol. The third-order valence-corrected chi connectivity index (χ3v) is 0.0833. The molecule has 0 aromatic heterocycles. The highest BCUT2D eigenvalue weighted by molar-refractivity contribution is 6.22. The Bertz CT molecular complexity index is 42.8. The average Bonchev–Trinajstić information content (AvgIpc) is 1.37. The van der Waals surface area contributed by atoms with Gasteiger partial charge in [0.2, 0.25) is 0 Å². The third kappa shape index (κ3) is 1.42. The van der Waals surface area contributed by atoms with Gasteiger partial charge >= 0.3 is 0 Å². The topological polar surface area (TPSA) is 26.0 Å². The van der Waals surface area contributed by atoms with Crippen molar-refractivity contribution in [3.05, 3.63) is 0 Å². The lowest BCUT2D eigenvalue weighted by atomic mass is 10.2. The number of hydrogen-bond acceptors (Lipinski definition) is 1. The molecule has 2 N–H and O–H groups in total. The smallest absolute Gasteiger partial charge is 0.190 e. The van der Waals surface area contributed by atoms with Crippen LogP contribution in [0.1, 0.15) is 0 Å². The Labute approximate surface area is 26.6 Å². The lowest BCUT2D eigenvalue weighted by Gasteiger charge is -1.44. The van der Waals surface area contributed by atoms with E-state index in [-0.39, 0.29) is 0 Å². The fourth-order valence-electron chi connectivity index (χ4n) is 0. The molecule has 0 amide bonds.